The number of hydrogen-bond acceptors (Lipinski definition) is 1. The van der Waals surface area contributed by atoms with E-state index < -0.39 is 0 Å². The maximum atomic E-state index is 3.46. The second-order valence-electron chi connectivity index (χ2n) is 3.98. The average Bonchev–Trinajstić information content (AvgIpc) is 2.33. The average molecular weight is 211 g/mol. The predicted molar refractivity (Wildman–Crippen MR) is 70.2 cm³/mol. The van der Waals surface area contributed by atoms with Crippen LogP contribution in [0.4, 0.5) is 5.69 Å². The summed E-state index contributed by atoms with van der Waals surface area (Å²) in [6.07, 6.45) is 8.58. The Balaban J connectivity index is 2.17. The Kier molecular flexibility index (Phi) is 3.25. The molecule has 0 radical (unpaired) electrons. The number of benzene rings is 1. The molecular weight excluding hydrogens is 194 g/mol. The third-order valence-corrected chi connectivity index (χ3v) is 2.93. The highest BCUT2D eigenvalue weighted by Crippen LogP contribution is 2.26. The van der Waals surface area contributed by atoms with E-state index in [1.165, 1.54) is 11.3 Å². The van der Waals surface area contributed by atoms with Gasteiger partial charge in [-0.05, 0) is 30.7 Å². The zero-order chi connectivity index (χ0) is 11.4. The van der Waals surface area contributed by atoms with Crippen LogP contribution >= 0.6 is 0 Å². The first kappa shape index (κ1) is 10.7. The van der Waals surface area contributed by atoms with Gasteiger partial charge in [0.1, 0.15) is 0 Å². The van der Waals surface area contributed by atoms with Crippen molar-refractivity contribution in [1.29, 1.82) is 0 Å². The maximum Gasteiger partial charge on any atom is 0.0381 e. The number of allylic oxidation sites excluding steroid dienone is 5. The van der Waals surface area contributed by atoms with Crippen LogP contribution in [-0.2, 0) is 0 Å². The van der Waals surface area contributed by atoms with Gasteiger partial charge < -0.3 is 5.32 Å². The quantitative estimate of drug-likeness (QED) is 0.775. The molecule has 0 aliphatic heterocycles. The fourth-order valence-electron chi connectivity index (χ4n) is 1.92. The predicted octanol–water partition coefficient (Wildman–Crippen LogP) is 4.13. The summed E-state index contributed by atoms with van der Waals surface area (Å²) in [4.78, 5) is 0. The van der Waals surface area contributed by atoms with Gasteiger partial charge in [-0.25, -0.2) is 0 Å². The summed E-state index contributed by atoms with van der Waals surface area (Å²) < 4.78 is 0. The Morgan fingerprint density at radius 2 is 1.94 bits per heavy atom. The SMILES string of the molecule is C/C=C1/C=CC=C(Nc2ccccc2)C1C. The van der Waals surface area contributed by atoms with Crippen LogP contribution in [0, 0.1) is 5.92 Å². The van der Waals surface area contributed by atoms with Crippen molar-refractivity contribution in [3.05, 3.63) is 65.9 Å². The van der Waals surface area contributed by atoms with E-state index in [1.807, 2.05) is 18.2 Å². The minimum atomic E-state index is 0.440. The van der Waals surface area contributed by atoms with Crippen molar-refractivity contribution in [3.8, 4) is 0 Å². The van der Waals surface area contributed by atoms with Crippen molar-refractivity contribution in [2.24, 2.45) is 5.92 Å². The van der Waals surface area contributed by atoms with Crippen molar-refractivity contribution in [2.75, 3.05) is 5.32 Å². The van der Waals surface area contributed by atoms with Crippen molar-refractivity contribution < 1.29 is 0 Å². The molecule has 1 aliphatic rings. The summed E-state index contributed by atoms with van der Waals surface area (Å²) >= 11 is 0. The van der Waals surface area contributed by atoms with Gasteiger partial charge in [0.25, 0.3) is 0 Å². The van der Waals surface area contributed by atoms with Crippen LogP contribution in [-0.4, -0.2) is 0 Å². The van der Waals surface area contributed by atoms with Crippen molar-refractivity contribution in [3.63, 3.8) is 0 Å². The van der Waals surface area contributed by atoms with E-state index in [1.54, 1.807) is 0 Å². The van der Waals surface area contributed by atoms with Gasteiger partial charge in [0, 0.05) is 17.3 Å². The molecule has 0 bridgehead atoms. The number of hydrogen-bond donors (Lipinski definition) is 1. The van der Waals surface area contributed by atoms with Crippen LogP contribution in [0.3, 0.4) is 0 Å². The van der Waals surface area contributed by atoms with E-state index in [9.17, 15) is 0 Å². The largest absolute Gasteiger partial charge is 0.358 e. The van der Waals surface area contributed by atoms with Crippen molar-refractivity contribution >= 4 is 5.69 Å². The molecule has 0 saturated carbocycles. The molecule has 1 aromatic rings. The second-order valence-corrected chi connectivity index (χ2v) is 3.98. The van der Waals surface area contributed by atoms with E-state index in [0.717, 1.165) is 5.69 Å². The van der Waals surface area contributed by atoms with Gasteiger partial charge in [0.05, 0.1) is 0 Å². The Morgan fingerprint density at radius 1 is 1.19 bits per heavy atom. The molecule has 1 nitrogen and oxygen atoms in total. The molecule has 1 N–H and O–H groups in total. The summed E-state index contributed by atoms with van der Waals surface area (Å²) in [7, 11) is 0. The van der Waals surface area contributed by atoms with Gasteiger partial charge in [0.2, 0.25) is 0 Å². The first-order valence-corrected chi connectivity index (χ1v) is 5.68. The van der Waals surface area contributed by atoms with E-state index in [-0.39, 0.29) is 0 Å². The van der Waals surface area contributed by atoms with Crippen molar-refractivity contribution in [2.45, 2.75) is 13.8 Å². The molecule has 1 aliphatic carbocycles. The lowest BCUT2D eigenvalue weighted by Crippen LogP contribution is -2.12. The molecule has 0 spiro atoms. The Hall–Kier alpha value is -1.76. The third-order valence-electron chi connectivity index (χ3n) is 2.93. The standard InChI is InChI=1S/C15H17N/c1-3-13-8-7-11-15(12(13)2)16-14-9-5-4-6-10-14/h3-12,16H,1-2H3/b13-3-. The summed E-state index contributed by atoms with van der Waals surface area (Å²) in [5, 5.41) is 3.46. The first-order valence-electron chi connectivity index (χ1n) is 5.68. The fraction of sp³-hybridized carbons (Fsp3) is 0.200. The number of para-hydroxylation sites is 1. The van der Waals surface area contributed by atoms with Crippen molar-refractivity contribution in [1.82, 2.24) is 0 Å². The summed E-state index contributed by atoms with van der Waals surface area (Å²) in [6, 6.07) is 10.3. The molecule has 1 atom stereocenters. The lowest BCUT2D eigenvalue weighted by molar-refractivity contribution is 0.818. The van der Waals surface area contributed by atoms with E-state index >= 15 is 0 Å². The number of anilines is 1. The smallest absolute Gasteiger partial charge is 0.0381 e. The van der Waals surface area contributed by atoms with E-state index in [0.29, 0.717) is 5.92 Å². The van der Waals surface area contributed by atoms with Gasteiger partial charge in [0.15, 0.2) is 0 Å². The van der Waals surface area contributed by atoms with E-state index in [4.69, 9.17) is 0 Å². The molecule has 0 aromatic heterocycles. The summed E-state index contributed by atoms with van der Waals surface area (Å²) in [5.74, 6) is 0.440. The number of nitrogens with one attached hydrogen (secondary N) is 1. The monoisotopic (exact) mass is 211 g/mol. The van der Waals surface area contributed by atoms with Crippen LogP contribution in [0.25, 0.3) is 0 Å². The molecule has 0 heterocycles. The molecule has 82 valence electrons. The van der Waals surface area contributed by atoms with Crippen LogP contribution in [0.5, 0.6) is 0 Å². The van der Waals surface area contributed by atoms with E-state index in [2.05, 4.69) is 55.6 Å². The zero-order valence-electron chi connectivity index (χ0n) is 9.77. The highest BCUT2D eigenvalue weighted by Gasteiger charge is 2.13. The normalized spacial score (nSPS) is 22.0. The second kappa shape index (κ2) is 4.84. The minimum absolute atomic E-state index is 0.440. The third kappa shape index (κ3) is 2.25. The van der Waals surface area contributed by atoms with Crippen LogP contribution in [0.2, 0.25) is 0 Å². The Morgan fingerprint density at radius 3 is 2.62 bits per heavy atom. The van der Waals surface area contributed by atoms with Crippen LogP contribution in [0.1, 0.15) is 13.8 Å². The van der Waals surface area contributed by atoms with Gasteiger partial charge >= 0.3 is 0 Å². The molecular formula is C15H17N. The molecule has 2 rings (SSSR count). The first-order chi connectivity index (χ1) is 7.81. The molecule has 0 saturated heterocycles. The number of rotatable bonds is 2. The molecule has 16 heavy (non-hydrogen) atoms. The van der Waals surface area contributed by atoms with Gasteiger partial charge in [-0.1, -0.05) is 43.4 Å². The van der Waals surface area contributed by atoms with Crippen LogP contribution in [0.15, 0.2) is 65.9 Å². The van der Waals surface area contributed by atoms with Gasteiger partial charge in [-0.3, -0.25) is 0 Å². The molecule has 0 amide bonds. The molecule has 1 unspecified atom stereocenters. The van der Waals surface area contributed by atoms with Crippen LogP contribution < -0.4 is 5.32 Å². The maximum absolute atomic E-state index is 3.46. The molecule has 1 aromatic carbocycles. The fourth-order valence-corrected chi connectivity index (χ4v) is 1.92. The Labute approximate surface area is 97.2 Å². The summed E-state index contributed by atoms with van der Waals surface area (Å²) in [5.41, 5.74) is 3.76. The lowest BCUT2D eigenvalue weighted by atomic mass is 9.92. The lowest BCUT2D eigenvalue weighted by Gasteiger charge is -2.21. The molecule has 1 heteroatoms. The Bertz CT molecular complexity index is 438. The highest BCUT2D eigenvalue weighted by molar-refractivity contribution is 5.52. The highest BCUT2D eigenvalue weighted by atomic mass is 14.9. The van der Waals surface area contributed by atoms with Gasteiger partial charge in [-0.2, -0.15) is 0 Å². The topological polar surface area (TPSA) is 12.0 Å². The minimum Gasteiger partial charge on any atom is -0.358 e. The molecule has 0 fully saturated rings. The zero-order valence-corrected chi connectivity index (χ0v) is 9.77. The van der Waals surface area contributed by atoms with Gasteiger partial charge in [-0.15, -0.1) is 0 Å². The summed E-state index contributed by atoms with van der Waals surface area (Å²) in [6.45, 7) is 4.31.